The zero-order valence-electron chi connectivity index (χ0n) is 39.4. The Morgan fingerprint density at radius 1 is 0.574 bits per heavy atom. The van der Waals surface area contributed by atoms with Crippen molar-refractivity contribution in [3.8, 4) is 0 Å². The van der Waals surface area contributed by atoms with Crippen molar-refractivity contribution >= 4 is 11.9 Å². The molecule has 7 nitrogen and oxygen atoms in total. The van der Waals surface area contributed by atoms with Gasteiger partial charge < -0.3 is 24.4 Å². The quantitative estimate of drug-likeness (QED) is 0.0906. The molecule has 8 aliphatic carbocycles. The van der Waals surface area contributed by atoms with E-state index in [1.165, 1.54) is 51.4 Å². The second kappa shape index (κ2) is 18.7. The van der Waals surface area contributed by atoms with E-state index in [1.54, 1.807) is 25.4 Å². The van der Waals surface area contributed by atoms with Crippen LogP contribution in [0.4, 0.5) is 0 Å². The molecule has 0 bridgehead atoms. The lowest BCUT2D eigenvalue weighted by molar-refractivity contribution is -0.153. The Bertz CT molecular complexity index is 1500. The van der Waals surface area contributed by atoms with Crippen molar-refractivity contribution in [3.63, 3.8) is 0 Å². The maximum atomic E-state index is 12.9. The minimum Gasteiger partial charge on any atom is -0.469 e. The Balaban J connectivity index is 0.989. The normalized spacial score (nSPS) is 43.5. The number of esters is 2. The lowest BCUT2D eigenvalue weighted by Crippen LogP contribution is -2.51. The molecule has 0 amide bonds. The monoisotopic (exact) mass is 847 g/mol. The van der Waals surface area contributed by atoms with Gasteiger partial charge in [0, 0.05) is 13.2 Å². The van der Waals surface area contributed by atoms with Gasteiger partial charge in [0.25, 0.3) is 0 Å². The van der Waals surface area contributed by atoms with Crippen LogP contribution in [0.2, 0.25) is 0 Å². The Kier molecular flexibility index (Phi) is 14.0. The van der Waals surface area contributed by atoms with E-state index in [0.29, 0.717) is 47.3 Å². The fourth-order valence-corrected chi connectivity index (χ4v) is 17.4. The van der Waals surface area contributed by atoms with Gasteiger partial charge in [-0.25, -0.2) is 0 Å². The molecule has 0 aliphatic heterocycles. The molecule has 7 heteroatoms. The van der Waals surface area contributed by atoms with Gasteiger partial charge in [0.2, 0.25) is 0 Å². The first-order valence-corrected chi connectivity index (χ1v) is 25.8. The SMILES string of the molecule is COC(=O)[C@H]1CCC2C3CC=C4C[C@@H](C(CCCCCO)OC(CCCCCO)[C@H]5CC[C@@]6(C)C(=CCC7C6CC[C@@]6(C)C7CC[C@@H]6C(=O)OC)C5)CC[C@]4(C)C3CC[C@@]21C. The molecule has 2 N–H and O–H groups in total. The second-order valence-corrected chi connectivity index (χ2v) is 23.3. The zero-order chi connectivity index (χ0) is 43.2. The zero-order valence-corrected chi connectivity index (χ0v) is 39.4. The number of hydrogen-bond acceptors (Lipinski definition) is 7. The third kappa shape index (κ3) is 8.18. The Hall–Kier alpha value is -1.70. The molecule has 6 fully saturated rings. The van der Waals surface area contributed by atoms with Gasteiger partial charge in [-0.3, -0.25) is 9.59 Å². The second-order valence-electron chi connectivity index (χ2n) is 23.3. The molecule has 0 saturated heterocycles. The molecule has 0 radical (unpaired) electrons. The summed E-state index contributed by atoms with van der Waals surface area (Å²) in [5.41, 5.74) is 4.04. The fraction of sp³-hybridized carbons (Fsp3) is 0.889. The summed E-state index contributed by atoms with van der Waals surface area (Å²) in [4.78, 5) is 25.8. The number of aliphatic hydroxyl groups is 2. The molecule has 6 saturated carbocycles. The molecule has 8 rings (SSSR count). The van der Waals surface area contributed by atoms with Crippen molar-refractivity contribution in [3.05, 3.63) is 23.3 Å². The molecule has 0 aromatic carbocycles. The summed E-state index contributed by atoms with van der Waals surface area (Å²) >= 11 is 0. The third-order valence-electron chi connectivity index (χ3n) is 21.0. The summed E-state index contributed by atoms with van der Waals surface area (Å²) < 4.78 is 18.4. The van der Waals surface area contributed by atoms with Crippen molar-refractivity contribution in [2.45, 2.75) is 194 Å². The maximum absolute atomic E-state index is 12.9. The van der Waals surface area contributed by atoms with Crippen LogP contribution in [0.5, 0.6) is 0 Å². The predicted molar refractivity (Wildman–Crippen MR) is 241 cm³/mol. The van der Waals surface area contributed by atoms with Gasteiger partial charge in [-0.2, -0.15) is 0 Å². The van der Waals surface area contributed by atoms with E-state index in [-0.39, 0.29) is 70.9 Å². The van der Waals surface area contributed by atoms with Crippen LogP contribution in [0.25, 0.3) is 0 Å². The van der Waals surface area contributed by atoms with Gasteiger partial charge in [0.05, 0.1) is 38.3 Å². The number of fused-ring (bicyclic) bond motifs is 10. The highest BCUT2D eigenvalue weighted by Gasteiger charge is 2.62. The van der Waals surface area contributed by atoms with Crippen LogP contribution < -0.4 is 0 Å². The van der Waals surface area contributed by atoms with Crippen LogP contribution in [-0.4, -0.2) is 61.8 Å². The standard InChI is InChI=1S/C54H86O7/c1-51-27-23-35(33-37(51)15-17-39-41-19-21-45(49(57)59-5)53(41,3)29-25-43(39)51)47(13-9-7-11-31-55)61-48(14-10-8-12-32-56)36-24-28-52(2)38(34-36)16-18-40-42-20-22-46(50(58)60-6)54(42,4)30-26-44(40)52/h15-16,35-36,39-48,55-56H,7-14,17-34H2,1-6H3/t35-,36-,39?,40?,41?,42?,43?,44?,45+,46+,47?,48?,51-,52-,53-,54-/m0/s1. The van der Waals surface area contributed by atoms with Crippen molar-refractivity contribution in [2.75, 3.05) is 27.4 Å². The van der Waals surface area contributed by atoms with Crippen LogP contribution in [0.1, 0.15) is 182 Å². The molecule has 8 unspecified atom stereocenters. The van der Waals surface area contributed by atoms with Crippen LogP contribution in [0, 0.1) is 80.8 Å². The number of unbranched alkanes of at least 4 members (excludes halogenated alkanes) is 4. The molecule has 8 aliphatic rings. The van der Waals surface area contributed by atoms with E-state index in [0.717, 1.165) is 103 Å². The van der Waals surface area contributed by atoms with E-state index in [9.17, 15) is 19.8 Å². The smallest absolute Gasteiger partial charge is 0.309 e. The number of ether oxygens (including phenoxy) is 3. The number of methoxy groups -OCH3 is 2. The molecule has 344 valence electrons. The summed E-state index contributed by atoms with van der Waals surface area (Å²) in [5.74, 6) is 5.15. The molecule has 0 heterocycles. The minimum atomic E-state index is 0.0161. The van der Waals surface area contributed by atoms with Gasteiger partial charge in [-0.1, -0.05) is 76.7 Å². The Labute approximate surface area is 370 Å². The van der Waals surface area contributed by atoms with Gasteiger partial charge in [-0.15, -0.1) is 0 Å². The highest BCUT2D eigenvalue weighted by molar-refractivity contribution is 5.74. The summed E-state index contributed by atoms with van der Waals surface area (Å²) in [5, 5.41) is 19.4. The molecule has 0 spiro atoms. The fourth-order valence-electron chi connectivity index (χ4n) is 17.4. The number of allylic oxidation sites excluding steroid dienone is 4. The highest BCUT2D eigenvalue weighted by atomic mass is 16.5. The van der Waals surface area contributed by atoms with E-state index >= 15 is 0 Å². The van der Waals surface area contributed by atoms with Crippen molar-refractivity contribution in [2.24, 2.45) is 80.8 Å². The maximum Gasteiger partial charge on any atom is 0.309 e. The summed E-state index contributed by atoms with van der Waals surface area (Å²) in [6.07, 6.45) is 32.6. The highest BCUT2D eigenvalue weighted by Crippen LogP contribution is 2.69. The number of carbonyl (C=O) groups is 2. The molecule has 0 aromatic heterocycles. The first kappa shape index (κ1) is 45.9. The van der Waals surface area contributed by atoms with E-state index in [1.807, 2.05) is 0 Å². The number of hydrogen-bond donors (Lipinski definition) is 2. The van der Waals surface area contributed by atoms with Crippen molar-refractivity contribution in [1.29, 1.82) is 0 Å². The van der Waals surface area contributed by atoms with Crippen LogP contribution >= 0.6 is 0 Å². The van der Waals surface area contributed by atoms with Gasteiger partial charge in [0.1, 0.15) is 0 Å². The lowest BCUT2D eigenvalue weighted by Gasteiger charge is -2.58. The van der Waals surface area contributed by atoms with E-state index in [4.69, 9.17) is 14.2 Å². The number of aliphatic hydroxyl groups excluding tert-OH is 2. The number of rotatable bonds is 16. The molecule has 61 heavy (non-hydrogen) atoms. The number of carbonyl (C=O) groups excluding carboxylic acids is 2. The van der Waals surface area contributed by atoms with Crippen LogP contribution in [0.15, 0.2) is 23.3 Å². The molecular formula is C54H86O7. The topological polar surface area (TPSA) is 102 Å². The van der Waals surface area contributed by atoms with E-state index < -0.39 is 0 Å². The van der Waals surface area contributed by atoms with Crippen LogP contribution in [0.3, 0.4) is 0 Å². The summed E-state index contributed by atoms with van der Waals surface area (Å²) in [6.45, 7) is 10.6. The lowest BCUT2D eigenvalue weighted by atomic mass is 9.46. The van der Waals surface area contributed by atoms with Crippen molar-refractivity contribution in [1.82, 2.24) is 0 Å². The molecule has 0 aromatic rings. The predicted octanol–water partition coefficient (Wildman–Crippen LogP) is 11.6. The largest absolute Gasteiger partial charge is 0.469 e. The molecule has 16 atom stereocenters. The van der Waals surface area contributed by atoms with Crippen molar-refractivity contribution < 1.29 is 34.0 Å². The van der Waals surface area contributed by atoms with Gasteiger partial charge >= 0.3 is 11.9 Å². The summed E-state index contributed by atoms with van der Waals surface area (Å²) in [6, 6.07) is 0. The van der Waals surface area contributed by atoms with Crippen LogP contribution in [-0.2, 0) is 23.8 Å². The summed E-state index contributed by atoms with van der Waals surface area (Å²) in [7, 11) is 3.14. The van der Waals surface area contributed by atoms with Gasteiger partial charge in [-0.05, 0) is 197 Å². The minimum absolute atomic E-state index is 0.0161. The Morgan fingerprint density at radius 2 is 1.00 bits per heavy atom. The first-order valence-electron chi connectivity index (χ1n) is 25.8. The van der Waals surface area contributed by atoms with E-state index in [2.05, 4.69) is 39.8 Å². The van der Waals surface area contributed by atoms with Gasteiger partial charge in [0.15, 0.2) is 0 Å². The third-order valence-corrected chi connectivity index (χ3v) is 21.0. The average molecular weight is 847 g/mol. The Morgan fingerprint density at radius 3 is 1.39 bits per heavy atom. The molecular weight excluding hydrogens is 761 g/mol. The average Bonchev–Trinajstić information content (AvgIpc) is 3.81. The first-order chi connectivity index (χ1) is 29.4.